The van der Waals surface area contributed by atoms with Crippen LogP contribution in [0, 0.1) is 0 Å². The summed E-state index contributed by atoms with van der Waals surface area (Å²) in [6, 6.07) is 23.2. The Morgan fingerprint density at radius 3 is 1.31 bits per heavy atom. The van der Waals surface area contributed by atoms with E-state index in [0.717, 1.165) is 85.6 Å². The molecule has 2 aliphatic heterocycles. The topological polar surface area (TPSA) is 144 Å². The zero-order valence-electron chi connectivity index (χ0n) is 37.5. The number of likely N-dealkylation sites (tertiary alicyclic amines) is 2. The number of rotatable bonds is 25. The van der Waals surface area contributed by atoms with Gasteiger partial charge in [0.1, 0.15) is 22.7 Å². The van der Waals surface area contributed by atoms with E-state index in [4.69, 9.17) is 18.9 Å². The van der Waals surface area contributed by atoms with Crippen LogP contribution in [0.4, 0.5) is 0 Å². The van der Waals surface area contributed by atoms with Gasteiger partial charge in [-0.3, -0.25) is 19.6 Å². The molecule has 0 saturated carbocycles. The van der Waals surface area contributed by atoms with Crippen LogP contribution in [0.2, 0.25) is 0 Å². The van der Waals surface area contributed by atoms with Crippen molar-refractivity contribution in [1.82, 2.24) is 19.8 Å². The van der Waals surface area contributed by atoms with Gasteiger partial charge >= 0.3 is 11.9 Å². The van der Waals surface area contributed by atoms with Crippen LogP contribution in [-0.2, 0) is 30.3 Å². The number of aliphatic hydroxyl groups excluding tert-OH is 2. The molecule has 346 valence electrons. The van der Waals surface area contributed by atoms with Gasteiger partial charge in [0.15, 0.2) is 12.6 Å². The van der Waals surface area contributed by atoms with Crippen molar-refractivity contribution in [2.45, 2.75) is 123 Å². The quantitative estimate of drug-likeness (QED) is 0.0283. The van der Waals surface area contributed by atoms with Gasteiger partial charge in [-0.25, -0.2) is 0 Å². The minimum absolute atomic E-state index is 0.191. The molecule has 2 aromatic carbocycles. The maximum atomic E-state index is 13.3. The minimum atomic E-state index is -0.904. The normalized spacial score (nSPS) is 17.2. The number of carbonyl (C=O) groups is 2. The predicted octanol–water partition coefficient (Wildman–Crippen LogP) is 8.99. The van der Waals surface area contributed by atoms with Crippen LogP contribution in [0.3, 0.4) is 0 Å². The third-order valence-electron chi connectivity index (χ3n) is 12.4. The van der Waals surface area contributed by atoms with Crippen molar-refractivity contribution in [3.05, 3.63) is 109 Å². The Hall–Kier alpha value is -4.18. The molecule has 14 heteroatoms. The van der Waals surface area contributed by atoms with Crippen LogP contribution in [0.5, 0.6) is 11.5 Å². The fraction of sp³-hybridized carbons (Fsp3) is 0.520. The lowest BCUT2D eigenvalue weighted by atomic mass is 9.84. The molecule has 2 atom stereocenters. The molecule has 12 nitrogen and oxygen atoms in total. The van der Waals surface area contributed by atoms with Crippen LogP contribution < -0.4 is 9.47 Å². The van der Waals surface area contributed by atoms with E-state index in [1.165, 1.54) is 0 Å². The lowest BCUT2D eigenvalue weighted by Crippen LogP contribution is -2.46. The van der Waals surface area contributed by atoms with Crippen molar-refractivity contribution in [3.8, 4) is 11.5 Å². The molecule has 0 aliphatic carbocycles. The van der Waals surface area contributed by atoms with Crippen molar-refractivity contribution in [2.24, 2.45) is 0 Å². The zero-order valence-corrected chi connectivity index (χ0v) is 39.1. The predicted molar refractivity (Wildman–Crippen MR) is 251 cm³/mol. The highest BCUT2D eigenvalue weighted by Crippen LogP contribution is 2.39. The summed E-state index contributed by atoms with van der Waals surface area (Å²) in [5, 5.41) is 21.1. The van der Waals surface area contributed by atoms with Gasteiger partial charge in [-0.15, -0.1) is 23.5 Å². The molecule has 2 aromatic heterocycles. The first-order valence-electron chi connectivity index (χ1n) is 22.8. The maximum absolute atomic E-state index is 13.3. The van der Waals surface area contributed by atoms with Gasteiger partial charge < -0.3 is 39.0 Å². The number of hydrogen-bond donors (Lipinski definition) is 2. The number of pyridine rings is 2. The molecule has 0 amide bonds. The fourth-order valence-corrected chi connectivity index (χ4v) is 9.37. The molecular formula is C50H66N4O8S2. The average Bonchev–Trinajstić information content (AvgIpc) is 3.33. The van der Waals surface area contributed by atoms with Gasteiger partial charge in [-0.2, -0.15) is 0 Å². The third kappa shape index (κ3) is 15.2. The molecule has 64 heavy (non-hydrogen) atoms. The summed E-state index contributed by atoms with van der Waals surface area (Å²) in [6.07, 6.45) is 18.8. The molecule has 4 aromatic rings. The van der Waals surface area contributed by atoms with Gasteiger partial charge in [-0.05, 0) is 86.0 Å². The highest BCUT2D eigenvalue weighted by atomic mass is 32.2. The Labute approximate surface area is 387 Å². The highest BCUT2D eigenvalue weighted by Gasteiger charge is 2.41. The molecule has 2 aliphatic rings. The van der Waals surface area contributed by atoms with Crippen LogP contribution >= 0.6 is 23.5 Å². The fourth-order valence-electron chi connectivity index (χ4n) is 8.55. The first-order valence-corrected chi connectivity index (χ1v) is 25.3. The summed E-state index contributed by atoms with van der Waals surface area (Å²) in [4.78, 5) is 42.1. The molecule has 2 N–H and O–H groups in total. The molecule has 0 unspecified atom stereocenters. The Morgan fingerprint density at radius 1 is 0.594 bits per heavy atom. The standard InChI is InChI=1S/C50H66N4O8S2/c1-63-43-19-15-41(16-20-43)59-45(55)23-31-53-33-25-49(26-34-53,39-11-9-29-51-37-39)61-47(57)13-7-5-3-4-6-8-14-48(58)62-50(40-12-10-30-52-38-40)27-35-54(36-28-50)32-24-46(56)60-42-17-21-44(64-2)22-18-42/h9-12,15-22,29-30,37-38,45-46,55-56H,3-8,13-14,23-28,31-36H2,1-2H3/t45-,46-/m0/s1. The molecule has 0 bridgehead atoms. The number of aliphatic hydroxyl groups is 2. The van der Waals surface area contributed by atoms with Crippen LogP contribution in [0.15, 0.2) is 107 Å². The molecular weight excluding hydrogens is 849 g/mol. The monoisotopic (exact) mass is 914 g/mol. The van der Waals surface area contributed by atoms with E-state index in [0.29, 0.717) is 76.0 Å². The van der Waals surface area contributed by atoms with Gasteiger partial charge in [-0.1, -0.05) is 37.8 Å². The summed E-state index contributed by atoms with van der Waals surface area (Å²) in [5.74, 6) is 0.913. The molecule has 0 spiro atoms. The molecule has 2 fully saturated rings. The number of esters is 2. The zero-order chi connectivity index (χ0) is 45.0. The van der Waals surface area contributed by atoms with Crippen molar-refractivity contribution in [3.63, 3.8) is 0 Å². The highest BCUT2D eigenvalue weighted by molar-refractivity contribution is 7.98. The van der Waals surface area contributed by atoms with Crippen molar-refractivity contribution >= 4 is 35.5 Å². The molecule has 0 radical (unpaired) electrons. The van der Waals surface area contributed by atoms with Crippen LogP contribution in [0.25, 0.3) is 0 Å². The molecule has 6 rings (SSSR count). The first kappa shape index (κ1) is 49.3. The smallest absolute Gasteiger partial charge is 0.306 e. The number of hydrogen-bond acceptors (Lipinski definition) is 14. The lowest BCUT2D eigenvalue weighted by Gasteiger charge is -2.41. The largest absolute Gasteiger partial charge is 0.465 e. The molecule has 2 saturated heterocycles. The van der Waals surface area contributed by atoms with E-state index in [-0.39, 0.29) is 11.9 Å². The second-order valence-corrected chi connectivity index (χ2v) is 18.6. The average molecular weight is 915 g/mol. The second-order valence-electron chi connectivity index (χ2n) is 16.8. The van der Waals surface area contributed by atoms with Crippen LogP contribution in [-0.4, -0.2) is 106 Å². The van der Waals surface area contributed by atoms with E-state index in [1.807, 2.05) is 85.3 Å². The maximum Gasteiger partial charge on any atom is 0.306 e. The Balaban J connectivity index is 0.859. The Bertz CT molecular complexity index is 1820. The third-order valence-corrected chi connectivity index (χ3v) is 13.9. The summed E-state index contributed by atoms with van der Waals surface area (Å²) < 4.78 is 24.1. The number of thioether (sulfide) groups is 2. The van der Waals surface area contributed by atoms with Gasteiger partial charge in [0.05, 0.1) is 0 Å². The van der Waals surface area contributed by atoms with E-state index in [1.54, 1.807) is 48.3 Å². The van der Waals surface area contributed by atoms with E-state index in [9.17, 15) is 19.8 Å². The van der Waals surface area contributed by atoms with Crippen molar-refractivity contribution < 1.29 is 38.7 Å². The lowest BCUT2D eigenvalue weighted by molar-refractivity contribution is -0.168. The summed E-state index contributed by atoms with van der Waals surface area (Å²) in [7, 11) is 0. The SMILES string of the molecule is CSc1ccc(O[C@H](O)CCN2CCC(OC(=O)CCCCCCCCC(=O)OC3(c4cccnc4)CCN(CC[C@@H](O)Oc4ccc(SC)cc4)CC3)(c3cccnc3)CC2)cc1. The number of ether oxygens (including phenoxy) is 4. The minimum Gasteiger partial charge on any atom is -0.465 e. The summed E-state index contributed by atoms with van der Waals surface area (Å²) >= 11 is 3.32. The number of piperidine rings is 2. The van der Waals surface area contributed by atoms with Crippen LogP contribution in [0.1, 0.15) is 101 Å². The summed E-state index contributed by atoms with van der Waals surface area (Å²) in [6.45, 7) is 4.26. The van der Waals surface area contributed by atoms with Gasteiger partial charge in [0.25, 0.3) is 0 Å². The van der Waals surface area contributed by atoms with Crippen molar-refractivity contribution in [1.29, 1.82) is 0 Å². The van der Waals surface area contributed by atoms with Gasteiger partial charge in [0.2, 0.25) is 0 Å². The van der Waals surface area contributed by atoms with E-state index in [2.05, 4.69) is 19.8 Å². The van der Waals surface area contributed by atoms with E-state index >= 15 is 0 Å². The second kappa shape index (κ2) is 25.5. The number of aromatic nitrogens is 2. The number of benzene rings is 2. The number of nitrogens with zero attached hydrogens (tertiary/aromatic N) is 4. The first-order chi connectivity index (χ1) is 31.2. The molecule has 4 heterocycles. The number of carbonyl (C=O) groups excluding carboxylic acids is 2. The Morgan fingerprint density at radius 2 is 0.969 bits per heavy atom. The van der Waals surface area contributed by atoms with Crippen molar-refractivity contribution in [2.75, 3.05) is 51.8 Å². The van der Waals surface area contributed by atoms with E-state index < -0.39 is 23.8 Å². The number of unbranched alkanes of at least 4 members (excludes halogenated alkanes) is 5. The Kier molecular flexibility index (Phi) is 19.6. The van der Waals surface area contributed by atoms with Gasteiger partial charge in [0, 0.05) is 136 Å². The summed E-state index contributed by atoms with van der Waals surface area (Å²) in [5.41, 5.74) is 0.387.